The van der Waals surface area contributed by atoms with E-state index >= 15 is 0 Å². The minimum Gasteiger partial charge on any atom is -0.367 e. The Morgan fingerprint density at radius 3 is 2.48 bits per heavy atom. The number of carbonyl (C=O) groups excluding carboxylic acids is 3. The highest BCUT2D eigenvalue weighted by molar-refractivity contribution is 6.07. The van der Waals surface area contributed by atoms with Gasteiger partial charge in [-0.2, -0.15) is 0 Å². The maximum atomic E-state index is 13.4. The van der Waals surface area contributed by atoms with Gasteiger partial charge in [0, 0.05) is 31.1 Å². The summed E-state index contributed by atoms with van der Waals surface area (Å²) in [5, 5.41) is 5.68. The summed E-state index contributed by atoms with van der Waals surface area (Å²) in [6.07, 6.45) is 0.448. The molecule has 1 unspecified atom stereocenters. The second-order valence-electron chi connectivity index (χ2n) is 7.87. The number of rotatable bonds is 4. The van der Waals surface area contributed by atoms with Gasteiger partial charge in [-0.1, -0.05) is 0 Å². The number of anilines is 1. The normalized spacial score (nSPS) is 23.9. The van der Waals surface area contributed by atoms with E-state index in [1.165, 1.54) is 6.92 Å². The molecule has 1 saturated carbocycles. The van der Waals surface area contributed by atoms with Gasteiger partial charge in [0.25, 0.3) is 11.8 Å². The van der Waals surface area contributed by atoms with Crippen molar-refractivity contribution < 1.29 is 23.2 Å². The van der Waals surface area contributed by atoms with E-state index in [2.05, 4.69) is 26.5 Å². The largest absolute Gasteiger partial charge is 0.367 e. The van der Waals surface area contributed by atoms with Crippen LogP contribution in [0.2, 0.25) is 0 Å². The molecule has 1 aromatic rings. The number of hydrogen-bond donors (Lipinski definition) is 4. The van der Waals surface area contributed by atoms with E-state index in [-0.39, 0.29) is 43.1 Å². The molecule has 0 spiro atoms. The lowest BCUT2D eigenvalue weighted by molar-refractivity contribution is -0.140. The first kappa shape index (κ1) is 20.9. The number of aromatic nitrogens is 1. The summed E-state index contributed by atoms with van der Waals surface area (Å²) in [7, 11) is 0. The van der Waals surface area contributed by atoms with Crippen molar-refractivity contribution in [2.75, 3.05) is 11.9 Å². The highest BCUT2D eigenvalue weighted by atomic mass is 19.3. The van der Waals surface area contributed by atoms with Crippen LogP contribution in [-0.2, 0) is 9.59 Å². The average Bonchev–Trinajstić information content (AvgIpc) is 3.01. The molecule has 0 radical (unpaired) electrons. The maximum absolute atomic E-state index is 13.4. The van der Waals surface area contributed by atoms with Crippen LogP contribution in [0.4, 0.5) is 14.6 Å². The molecule has 3 amide bonds. The second kappa shape index (κ2) is 7.92. The van der Waals surface area contributed by atoms with Crippen LogP contribution in [0.3, 0.4) is 0 Å². The van der Waals surface area contributed by atoms with Crippen LogP contribution in [-0.4, -0.2) is 41.2 Å². The summed E-state index contributed by atoms with van der Waals surface area (Å²) in [5.41, 5.74) is 4.20. The van der Waals surface area contributed by atoms with Gasteiger partial charge in [-0.3, -0.25) is 25.2 Å². The van der Waals surface area contributed by atoms with Crippen LogP contribution in [0.25, 0.3) is 0 Å². The molecule has 29 heavy (non-hydrogen) atoms. The van der Waals surface area contributed by atoms with Gasteiger partial charge in [-0.25, -0.2) is 13.8 Å². The van der Waals surface area contributed by atoms with Crippen molar-refractivity contribution in [3.8, 4) is 0 Å². The first-order valence-corrected chi connectivity index (χ1v) is 9.62. The van der Waals surface area contributed by atoms with E-state index in [1.54, 1.807) is 19.1 Å². The molecule has 0 aromatic carbocycles. The predicted octanol–water partition coefficient (Wildman–Crippen LogP) is 1.67. The highest BCUT2D eigenvalue weighted by Crippen LogP contribution is 2.34. The number of hydrogen-bond acceptors (Lipinski definition) is 5. The molecule has 2 aliphatic rings. The van der Waals surface area contributed by atoms with E-state index < -0.39 is 29.1 Å². The van der Waals surface area contributed by atoms with Crippen molar-refractivity contribution in [2.24, 2.45) is 5.41 Å². The van der Waals surface area contributed by atoms with Gasteiger partial charge in [-0.15, -0.1) is 0 Å². The molecule has 1 aliphatic carbocycles. The Labute approximate surface area is 167 Å². The molecule has 1 atom stereocenters. The zero-order valence-corrected chi connectivity index (χ0v) is 16.4. The third kappa shape index (κ3) is 4.63. The lowest BCUT2D eigenvalue weighted by Crippen LogP contribution is -2.51. The summed E-state index contributed by atoms with van der Waals surface area (Å²) in [6.45, 7) is 3.66. The second-order valence-corrected chi connectivity index (χ2v) is 7.87. The third-order valence-electron chi connectivity index (χ3n) is 5.54. The van der Waals surface area contributed by atoms with Crippen molar-refractivity contribution in [3.05, 3.63) is 23.4 Å². The molecule has 2 fully saturated rings. The topological polar surface area (TPSA) is 112 Å². The quantitative estimate of drug-likeness (QED) is 0.446. The standard InChI is InChI=1S/C19H25F2N5O3/c1-11-3-4-13(14(23-11)24-12-5-7-19(20,21)8-6-12)15(27)25-26-17(29)18(2)9-10-22-16(18)28/h3-4,12H,5-10H2,1-2H3,(H,22,28)(H,23,24)(H,25,27)(H,26,29). The van der Waals surface area contributed by atoms with Crippen LogP contribution in [0.15, 0.2) is 12.1 Å². The van der Waals surface area contributed by atoms with E-state index in [0.717, 1.165) is 0 Å². The molecule has 2 heterocycles. The lowest BCUT2D eigenvalue weighted by Gasteiger charge is -2.29. The maximum Gasteiger partial charge on any atom is 0.273 e. The third-order valence-corrected chi connectivity index (χ3v) is 5.54. The Balaban J connectivity index is 1.66. The fraction of sp³-hybridized carbons (Fsp3) is 0.579. The number of nitrogens with one attached hydrogen (secondary N) is 4. The first-order chi connectivity index (χ1) is 13.6. The van der Waals surface area contributed by atoms with Gasteiger partial charge in [-0.05, 0) is 45.2 Å². The van der Waals surface area contributed by atoms with Crippen LogP contribution < -0.4 is 21.5 Å². The molecular weight excluding hydrogens is 384 g/mol. The Hall–Kier alpha value is -2.78. The summed E-state index contributed by atoms with van der Waals surface area (Å²) in [4.78, 5) is 41.1. The number of hydrazine groups is 1. The number of carbonyl (C=O) groups is 3. The molecule has 1 aromatic heterocycles. The molecular formula is C19H25F2N5O3. The summed E-state index contributed by atoms with van der Waals surface area (Å²) < 4.78 is 26.7. The zero-order chi connectivity index (χ0) is 21.2. The number of nitrogens with zero attached hydrogens (tertiary/aromatic N) is 1. The predicted molar refractivity (Wildman–Crippen MR) is 101 cm³/mol. The van der Waals surface area contributed by atoms with Crippen molar-refractivity contribution in [2.45, 2.75) is 57.9 Å². The molecule has 1 saturated heterocycles. The van der Waals surface area contributed by atoms with Crippen LogP contribution in [0, 0.1) is 12.3 Å². The highest BCUT2D eigenvalue weighted by Gasteiger charge is 2.44. The van der Waals surface area contributed by atoms with Gasteiger partial charge in [0.05, 0.1) is 5.56 Å². The smallest absolute Gasteiger partial charge is 0.273 e. The molecule has 0 bridgehead atoms. The monoisotopic (exact) mass is 409 g/mol. The summed E-state index contributed by atoms with van der Waals surface area (Å²) >= 11 is 0. The number of halogens is 2. The number of aryl methyl sites for hydroxylation is 1. The molecule has 3 rings (SSSR count). The van der Waals surface area contributed by atoms with Gasteiger partial charge in [0.2, 0.25) is 11.8 Å². The van der Waals surface area contributed by atoms with Gasteiger partial charge < -0.3 is 10.6 Å². The van der Waals surface area contributed by atoms with E-state index in [9.17, 15) is 23.2 Å². The SMILES string of the molecule is Cc1ccc(C(=O)NNC(=O)C2(C)CCNC2=O)c(NC2CCC(F)(F)CC2)n1. The lowest BCUT2D eigenvalue weighted by atomic mass is 9.88. The molecule has 4 N–H and O–H groups in total. The molecule has 1 aliphatic heterocycles. The Kier molecular flexibility index (Phi) is 5.72. The van der Waals surface area contributed by atoms with Crippen molar-refractivity contribution >= 4 is 23.5 Å². The van der Waals surface area contributed by atoms with Gasteiger partial charge in [0.1, 0.15) is 11.2 Å². The van der Waals surface area contributed by atoms with Crippen molar-refractivity contribution in [1.82, 2.24) is 21.2 Å². The number of pyridine rings is 1. The fourth-order valence-corrected chi connectivity index (χ4v) is 3.50. The van der Waals surface area contributed by atoms with Crippen molar-refractivity contribution in [1.29, 1.82) is 0 Å². The van der Waals surface area contributed by atoms with Gasteiger partial charge >= 0.3 is 0 Å². The van der Waals surface area contributed by atoms with Gasteiger partial charge in [0.15, 0.2) is 0 Å². The average molecular weight is 409 g/mol. The Morgan fingerprint density at radius 1 is 1.17 bits per heavy atom. The van der Waals surface area contributed by atoms with Crippen LogP contribution in [0.1, 0.15) is 55.1 Å². The first-order valence-electron chi connectivity index (χ1n) is 9.62. The van der Waals surface area contributed by atoms with Crippen LogP contribution >= 0.6 is 0 Å². The van der Waals surface area contributed by atoms with Crippen LogP contribution in [0.5, 0.6) is 0 Å². The Morgan fingerprint density at radius 2 is 1.86 bits per heavy atom. The Bertz CT molecular complexity index is 822. The molecule has 8 nitrogen and oxygen atoms in total. The van der Waals surface area contributed by atoms with E-state index in [1.807, 2.05) is 0 Å². The minimum absolute atomic E-state index is 0.175. The van der Waals surface area contributed by atoms with E-state index in [0.29, 0.717) is 18.7 Å². The van der Waals surface area contributed by atoms with E-state index in [4.69, 9.17) is 0 Å². The number of amides is 3. The fourth-order valence-electron chi connectivity index (χ4n) is 3.50. The number of alkyl halides is 2. The summed E-state index contributed by atoms with van der Waals surface area (Å²) in [5.74, 6) is -3.98. The van der Waals surface area contributed by atoms with Crippen molar-refractivity contribution in [3.63, 3.8) is 0 Å². The summed E-state index contributed by atoms with van der Waals surface area (Å²) in [6, 6.07) is 2.97. The molecule has 10 heteroatoms. The molecule has 158 valence electrons. The minimum atomic E-state index is -2.65. The zero-order valence-electron chi connectivity index (χ0n) is 16.4.